The standard InChI is InChI=1S/C16H24O2.C16H22O2/c2*1-7-18-15(17)9-12(4)16-11(3)8-10(2)13(5)14(16)6/h8,12H,7,9H2,1-6H3;8-9H,7H2,1-6H3/b;12-9+. The molecule has 0 amide bonds. The smallest absolute Gasteiger partial charge is 0.331 e. The third-order valence-electron chi connectivity index (χ3n) is 7.06. The van der Waals surface area contributed by atoms with Crippen LogP contribution in [-0.2, 0) is 19.1 Å². The fraction of sp³-hybridized carbons (Fsp3) is 0.500. The molecule has 1 atom stereocenters. The molecule has 0 saturated heterocycles. The first-order chi connectivity index (χ1) is 16.8. The maximum Gasteiger partial charge on any atom is 0.331 e. The predicted molar refractivity (Wildman–Crippen MR) is 151 cm³/mol. The number of benzene rings is 2. The monoisotopic (exact) mass is 494 g/mol. The van der Waals surface area contributed by atoms with Gasteiger partial charge in [0.1, 0.15) is 0 Å². The number of carbonyl (C=O) groups excluding carboxylic acids is 2. The lowest BCUT2D eigenvalue weighted by atomic mass is 9.86. The summed E-state index contributed by atoms with van der Waals surface area (Å²) >= 11 is 0. The summed E-state index contributed by atoms with van der Waals surface area (Å²) in [4.78, 5) is 23.1. The number of hydrogen-bond donors (Lipinski definition) is 0. The Morgan fingerprint density at radius 1 is 0.750 bits per heavy atom. The molecule has 4 heteroatoms. The number of ether oxygens (including phenoxy) is 2. The number of esters is 2. The van der Waals surface area contributed by atoms with Gasteiger partial charge in [-0.15, -0.1) is 0 Å². The summed E-state index contributed by atoms with van der Waals surface area (Å²) in [5.74, 6) is -0.169. The zero-order chi connectivity index (χ0) is 27.7. The normalized spacial score (nSPS) is 11.9. The topological polar surface area (TPSA) is 52.6 Å². The molecule has 2 aromatic carbocycles. The molecule has 0 aliphatic rings. The third-order valence-corrected chi connectivity index (χ3v) is 7.06. The fourth-order valence-corrected chi connectivity index (χ4v) is 4.96. The quantitative estimate of drug-likeness (QED) is 0.290. The molecule has 2 rings (SSSR count). The average Bonchev–Trinajstić information content (AvgIpc) is 2.76. The van der Waals surface area contributed by atoms with E-state index in [9.17, 15) is 9.59 Å². The molecule has 0 N–H and O–H groups in total. The molecular weight excluding hydrogens is 448 g/mol. The summed E-state index contributed by atoms with van der Waals surface area (Å²) in [6, 6.07) is 4.37. The predicted octanol–water partition coefficient (Wildman–Crippen LogP) is 7.86. The van der Waals surface area contributed by atoms with E-state index in [2.05, 4.69) is 74.4 Å². The summed E-state index contributed by atoms with van der Waals surface area (Å²) in [7, 11) is 0. The molecule has 4 nitrogen and oxygen atoms in total. The number of allylic oxidation sites excluding steroid dienone is 1. The highest BCUT2D eigenvalue weighted by Gasteiger charge is 2.18. The van der Waals surface area contributed by atoms with Crippen LogP contribution >= 0.6 is 0 Å². The summed E-state index contributed by atoms with van der Waals surface area (Å²) in [5.41, 5.74) is 13.7. The second-order valence-electron chi connectivity index (χ2n) is 9.80. The lowest BCUT2D eigenvalue weighted by molar-refractivity contribution is -0.143. The molecule has 0 aliphatic carbocycles. The summed E-state index contributed by atoms with van der Waals surface area (Å²) in [5, 5.41) is 0. The van der Waals surface area contributed by atoms with Gasteiger partial charge in [0.15, 0.2) is 0 Å². The Balaban J connectivity index is 0.000000360. The second-order valence-corrected chi connectivity index (χ2v) is 9.80. The molecule has 2 aromatic rings. The molecule has 0 aromatic heterocycles. The molecule has 0 heterocycles. The van der Waals surface area contributed by atoms with Crippen LogP contribution in [0.5, 0.6) is 0 Å². The van der Waals surface area contributed by atoms with Crippen LogP contribution in [0.4, 0.5) is 0 Å². The first-order valence-electron chi connectivity index (χ1n) is 12.9. The van der Waals surface area contributed by atoms with Crippen molar-refractivity contribution in [2.75, 3.05) is 13.2 Å². The maximum atomic E-state index is 11.6. The van der Waals surface area contributed by atoms with Gasteiger partial charge in [0.05, 0.1) is 19.6 Å². The summed E-state index contributed by atoms with van der Waals surface area (Å²) < 4.78 is 9.98. The van der Waals surface area contributed by atoms with Crippen molar-refractivity contribution in [3.63, 3.8) is 0 Å². The van der Waals surface area contributed by atoms with E-state index in [0.717, 1.165) is 11.1 Å². The van der Waals surface area contributed by atoms with E-state index < -0.39 is 0 Å². The highest BCUT2D eigenvalue weighted by atomic mass is 16.5. The van der Waals surface area contributed by atoms with Crippen molar-refractivity contribution >= 4 is 17.5 Å². The van der Waals surface area contributed by atoms with Gasteiger partial charge in [-0.2, -0.15) is 0 Å². The second kappa shape index (κ2) is 14.0. The van der Waals surface area contributed by atoms with Crippen molar-refractivity contribution in [2.24, 2.45) is 0 Å². The van der Waals surface area contributed by atoms with Gasteiger partial charge in [0.25, 0.3) is 0 Å². The first kappa shape index (κ1) is 31.2. The molecule has 0 fully saturated rings. The van der Waals surface area contributed by atoms with E-state index in [1.165, 1.54) is 50.1 Å². The molecule has 1 unspecified atom stereocenters. The van der Waals surface area contributed by atoms with Crippen LogP contribution in [-0.4, -0.2) is 25.2 Å². The van der Waals surface area contributed by atoms with Gasteiger partial charge in [0.2, 0.25) is 0 Å². The summed E-state index contributed by atoms with van der Waals surface area (Å²) in [6.07, 6.45) is 2.03. The van der Waals surface area contributed by atoms with Crippen LogP contribution < -0.4 is 0 Å². The Hall–Kier alpha value is -2.88. The molecule has 36 heavy (non-hydrogen) atoms. The van der Waals surface area contributed by atoms with Gasteiger partial charge >= 0.3 is 11.9 Å². The third kappa shape index (κ3) is 8.08. The fourth-order valence-electron chi connectivity index (χ4n) is 4.96. The Labute approximate surface area is 219 Å². The number of rotatable bonds is 7. The Bertz CT molecular complexity index is 1120. The van der Waals surface area contributed by atoms with Gasteiger partial charge in [-0.3, -0.25) is 4.79 Å². The van der Waals surface area contributed by atoms with E-state index in [0.29, 0.717) is 19.6 Å². The minimum Gasteiger partial charge on any atom is -0.466 e. The lowest BCUT2D eigenvalue weighted by Gasteiger charge is -2.20. The van der Waals surface area contributed by atoms with Gasteiger partial charge in [-0.25, -0.2) is 4.79 Å². The van der Waals surface area contributed by atoms with Gasteiger partial charge < -0.3 is 9.47 Å². The molecule has 0 radical (unpaired) electrons. The number of carbonyl (C=O) groups is 2. The van der Waals surface area contributed by atoms with Crippen molar-refractivity contribution < 1.29 is 19.1 Å². The maximum absolute atomic E-state index is 11.6. The van der Waals surface area contributed by atoms with Crippen LogP contribution in [0.2, 0.25) is 0 Å². The van der Waals surface area contributed by atoms with E-state index in [-0.39, 0.29) is 17.9 Å². The Morgan fingerprint density at radius 2 is 1.25 bits per heavy atom. The molecule has 0 saturated carbocycles. The minimum absolute atomic E-state index is 0.109. The van der Waals surface area contributed by atoms with Gasteiger partial charge in [-0.1, -0.05) is 19.1 Å². The number of hydrogen-bond acceptors (Lipinski definition) is 4. The van der Waals surface area contributed by atoms with Crippen LogP contribution in [0.25, 0.3) is 5.57 Å². The molecule has 0 aliphatic heterocycles. The molecular formula is C32H46O4. The average molecular weight is 495 g/mol. The van der Waals surface area contributed by atoms with Crippen LogP contribution in [0.1, 0.15) is 95.7 Å². The zero-order valence-electron chi connectivity index (χ0n) is 24.6. The van der Waals surface area contributed by atoms with Crippen molar-refractivity contribution in [1.29, 1.82) is 0 Å². The van der Waals surface area contributed by atoms with Crippen molar-refractivity contribution in [2.45, 2.75) is 95.4 Å². The Morgan fingerprint density at radius 3 is 1.78 bits per heavy atom. The first-order valence-corrected chi connectivity index (χ1v) is 12.9. The lowest BCUT2D eigenvalue weighted by Crippen LogP contribution is -2.11. The molecule has 0 bridgehead atoms. The number of aryl methyl sites for hydroxylation is 4. The van der Waals surface area contributed by atoms with Crippen LogP contribution in [0.15, 0.2) is 18.2 Å². The highest BCUT2D eigenvalue weighted by Crippen LogP contribution is 2.30. The molecule has 0 spiro atoms. The van der Waals surface area contributed by atoms with Gasteiger partial charge in [0, 0.05) is 6.08 Å². The van der Waals surface area contributed by atoms with E-state index in [1.54, 1.807) is 6.08 Å². The SMILES string of the molecule is CCOC(=O)/C=C(\C)c1c(C)cc(C)c(C)c1C.CCOC(=O)CC(C)c1c(C)cc(C)c(C)c1C. The van der Waals surface area contributed by atoms with E-state index >= 15 is 0 Å². The van der Waals surface area contributed by atoms with E-state index in [1.807, 2.05) is 20.8 Å². The summed E-state index contributed by atoms with van der Waals surface area (Å²) in [6.45, 7) is 25.5. The van der Waals surface area contributed by atoms with Crippen molar-refractivity contribution in [1.82, 2.24) is 0 Å². The van der Waals surface area contributed by atoms with Crippen LogP contribution in [0, 0.1) is 55.4 Å². The Kier molecular flexibility index (Phi) is 12.1. The largest absolute Gasteiger partial charge is 0.466 e. The zero-order valence-corrected chi connectivity index (χ0v) is 24.6. The molecule has 198 valence electrons. The van der Waals surface area contributed by atoms with Crippen LogP contribution in [0.3, 0.4) is 0 Å². The van der Waals surface area contributed by atoms with E-state index in [4.69, 9.17) is 9.47 Å². The minimum atomic E-state index is -0.271. The highest BCUT2D eigenvalue weighted by molar-refractivity contribution is 5.92. The van der Waals surface area contributed by atoms with Crippen molar-refractivity contribution in [3.05, 3.63) is 73.8 Å². The van der Waals surface area contributed by atoms with Crippen molar-refractivity contribution in [3.8, 4) is 0 Å². The van der Waals surface area contributed by atoms with Gasteiger partial charge in [-0.05, 0) is 143 Å².